The maximum atomic E-state index is 10.6. The van der Waals surface area contributed by atoms with Gasteiger partial charge in [-0.3, -0.25) is 0 Å². The lowest BCUT2D eigenvalue weighted by Crippen LogP contribution is -2.13. The van der Waals surface area contributed by atoms with Crippen molar-refractivity contribution in [2.75, 3.05) is 0 Å². The normalized spacial score (nSPS) is 16.8. The molecule has 2 nitrogen and oxygen atoms in total. The van der Waals surface area contributed by atoms with Gasteiger partial charge in [-0.05, 0) is 25.2 Å². The van der Waals surface area contributed by atoms with Crippen molar-refractivity contribution in [1.82, 2.24) is 0 Å². The van der Waals surface area contributed by atoms with Gasteiger partial charge in [-0.15, -0.1) is 0 Å². The maximum Gasteiger partial charge on any atom is 0.330 e. The van der Waals surface area contributed by atoms with E-state index in [-0.39, 0.29) is 5.41 Å². The van der Waals surface area contributed by atoms with Crippen molar-refractivity contribution in [2.45, 2.75) is 47.0 Å². The van der Waals surface area contributed by atoms with E-state index in [9.17, 15) is 4.79 Å². The van der Waals surface area contributed by atoms with Crippen LogP contribution in [-0.2, 0) is 4.79 Å². The first-order valence-corrected chi connectivity index (χ1v) is 4.88. The molecule has 0 aromatic heterocycles. The first-order chi connectivity index (χ1) is 5.95. The van der Waals surface area contributed by atoms with Crippen molar-refractivity contribution in [1.29, 1.82) is 0 Å². The van der Waals surface area contributed by atoms with Crippen LogP contribution in [0.3, 0.4) is 0 Å². The number of hydrogen-bond acceptors (Lipinski definition) is 1. The molecule has 0 aliphatic rings. The average molecular weight is 184 g/mol. The molecule has 0 heterocycles. The van der Waals surface area contributed by atoms with Gasteiger partial charge in [0.05, 0.1) is 0 Å². The lowest BCUT2D eigenvalue weighted by Gasteiger charge is -2.24. The molecule has 0 rings (SSSR count). The number of carboxylic acids is 1. The second kappa shape index (κ2) is 5.05. The summed E-state index contributed by atoms with van der Waals surface area (Å²) >= 11 is 0. The maximum absolute atomic E-state index is 10.6. The topological polar surface area (TPSA) is 37.3 Å². The zero-order valence-corrected chi connectivity index (χ0v) is 9.05. The molecular weight excluding hydrogens is 164 g/mol. The summed E-state index contributed by atoms with van der Waals surface area (Å²) in [7, 11) is 0. The van der Waals surface area contributed by atoms with E-state index in [1.807, 2.05) is 6.08 Å². The van der Waals surface area contributed by atoms with Crippen LogP contribution in [-0.4, -0.2) is 11.1 Å². The lowest BCUT2D eigenvalue weighted by molar-refractivity contribution is -0.132. The van der Waals surface area contributed by atoms with Gasteiger partial charge in [0.2, 0.25) is 0 Å². The molecule has 0 saturated heterocycles. The molecular formula is C11H20O2. The Morgan fingerprint density at radius 3 is 2.31 bits per heavy atom. The van der Waals surface area contributed by atoms with E-state index in [0.717, 1.165) is 19.3 Å². The number of hydrogen-bond donors (Lipinski definition) is 1. The predicted octanol–water partition coefficient (Wildman–Crippen LogP) is 3.23. The number of carboxylic acid groups (broad SMARTS) is 1. The number of rotatable bonds is 5. The van der Waals surface area contributed by atoms with Crippen molar-refractivity contribution in [3.8, 4) is 0 Å². The highest BCUT2D eigenvalue weighted by Crippen LogP contribution is 2.30. The average Bonchev–Trinajstić information content (AvgIpc) is 2.04. The molecule has 2 heteroatoms. The first-order valence-electron chi connectivity index (χ1n) is 4.88. The van der Waals surface area contributed by atoms with Gasteiger partial charge in [-0.1, -0.05) is 33.3 Å². The van der Waals surface area contributed by atoms with E-state index in [4.69, 9.17) is 5.11 Å². The molecule has 0 aliphatic heterocycles. The van der Waals surface area contributed by atoms with Crippen molar-refractivity contribution in [3.05, 3.63) is 11.6 Å². The molecule has 0 amide bonds. The van der Waals surface area contributed by atoms with Crippen LogP contribution < -0.4 is 0 Å². The summed E-state index contributed by atoms with van der Waals surface area (Å²) in [6, 6.07) is 0. The molecule has 0 saturated carbocycles. The summed E-state index contributed by atoms with van der Waals surface area (Å²) in [6.45, 7) is 7.99. The molecule has 76 valence electrons. The highest BCUT2D eigenvalue weighted by Gasteiger charge is 2.19. The molecule has 0 aromatic carbocycles. The molecule has 0 radical (unpaired) electrons. The van der Waals surface area contributed by atoms with Crippen LogP contribution in [0, 0.1) is 5.41 Å². The third kappa shape index (κ3) is 4.11. The van der Waals surface area contributed by atoms with Gasteiger partial charge in [-0.25, -0.2) is 4.79 Å². The zero-order valence-electron chi connectivity index (χ0n) is 9.05. The smallest absolute Gasteiger partial charge is 0.330 e. The van der Waals surface area contributed by atoms with E-state index in [0.29, 0.717) is 5.57 Å². The van der Waals surface area contributed by atoms with E-state index >= 15 is 0 Å². The molecule has 1 unspecified atom stereocenters. The van der Waals surface area contributed by atoms with Gasteiger partial charge in [0.15, 0.2) is 0 Å². The molecule has 1 N–H and O–H groups in total. The van der Waals surface area contributed by atoms with Crippen LogP contribution in [0.2, 0.25) is 0 Å². The second-order valence-electron chi connectivity index (χ2n) is 3.89. The fraction of sp³-hybridized carbons (Fsp3) is 0.727. The predicted molar refractivity (Wildman–Crippen MR) is 54.7 cm³/mol. The van der Waals surface area contributed by atoms with Crippen molar-refractivity contribution in [3.63, 3.8) is 0 Å². The SMILES string of the molecule is CCCC(C)(C=C(C)C(=O)O)CC. The number of allylic oxidation sites excluding steroid dienone is 1. The first kappa shape index (κ1) is 12.2. The largest absolute Gasteiger partial charge is 0.478 e. The summed E-state index contributed by atoms with van der Waals surface area (Å²) in [5.74, 6) is -0.809. The summed E-state index contributed by atoms with van der Waals surface area (Å²) < 4.78 is 0. The Hall–Kier alpha value is -0.790. The Kier molecular flexibility index (Phi) is 4.74. The molecule has 0 spiro atoms. The highest BCUT2D eigenvalue weighted by molar-refractivity contribution is 5.85. The summed E-state index contributed by atoms with van der Waals surface area (Å²) in [6.07, 6.45) is 5.02. The van der Waals surface area contributed by atoms with Gasteiger partial charge < -0.3 is 5.11 Å². The van der Waals surface area contributed by atoms with Crippen molar-refractivity contribution in [2.24, 2.45) is 5.41 Å². The number of aliphatic carboxylic acids is 1. The molecule has 0 aromatic rings. The Bertz CT molecular complexity index is 206. The quantitative estimate of drug-likeness (QED) is 0.666. The Morgan fingerprint density at radius 2 is 2.00 bits per heavy atom. The summed E-state index contributed by atoms with van der Waals surface area (Å²) in [5.41, 5.74) is 0.509. The van der Waals surface area contributed by atoms with Gasteiger partial charge in [0.1, 0.15) is 0 Å². The van der Waals surface area contributed by atoms with E-state index in [1.165, 1.54) is 0 Å². The van der Waals surface area contributed by atoms with E-state index in [1.54, 1.807) is 6.92 Å². The monoisotopic (exact) mass is 184 g/mol. The van der Waals surface area contributed by atoms with Gasteiger partial charge in [0.25, 0.3) is 0 Å². The van der Waals surface area contributed by atoms with Crippen LogP contribution in [0.1, 0.15) is 47.0 Å². The fourth-order valence-electron chi connectivity index (χ4n) is 1.51. The molecule has 0 aliphatic carbocycles. The van der Waals surface area contributed by atoms with Crippen molar-refractivity contribution < 1.29 is 9.90 Å². The molecule has 13 heavy (non-hydrogen) atoms. The molecule has 1 atom stereocenters. The van der Waals surface area contributed by atoms with Gasteiger partial charge in [-0.2, -0.15) is 0 Å². The number of carbonyl (C=O) groups is 1. The van der Waals surface area contributed by atoms with Crippen LogP contribution >= 0.6 is 0 Å². The Labute approximate surface area is 80.7 Å². The zero-order chi connectivity index (χ0) is 10.5. The van der Waals surface area contributed by atoms with E-state index < -0.39 is 5.97 Å². The van der Waals surface area contributed by atoms with Gasteiger partial charge >= 0.3 is 5.97 Å². The molecule has 0 bridgehead atoms. The van der Waals surface area contributed by atoms with Crippen LogP contribution in [0.4, 0.5) is 0 Å². The third-order valence-electron chi connectivity index (χ3n) is 2.53. The summed E-state index contributed by atoms with van der Waals surface area (Å²) in [4.78, 5) is 10.6. The van der Waals surface area contributed by atoms with Crippen LogP contribution in [0.25, 0.3) is 0 Å². The van der Waals surface area contributed by atoms with Crippen LogP contribution in [0.15, 0.2) is 11.6 Å². The Balaban J connectivity index is 4.58. The second-order valence-corrected chi connectivity index (χ2v) is 3.89. The van der Waals surface area contributed by atoms with Crippen LogP contribution in [0.5, 0.6) is 0 Å². The van der Waals surface area contributed by atoms with E-state index in [2.05, 4.69) is 20.8 Å². The standard InChI is InChI=1S/C11H20O2/c1-5-7-11(4,6-2)8-9(3)10(12)13/h8H,5-7H2,1-4H3,(H,12,13). The Morgan fingerprint density at radius 1 is 1.46 bits per heavy atom. The minimum atomic E-state index is -0.809. The highest BCUT2D eigenvalue weighted by atomic mass is 16.4. The fourth-order valence-corrected chi connectivity index (χ4v) is 1.51. The third-order valence-corrected chi connectivity index (χ3v) is 2.53. The minimum absolute atomic E-state index is 0.0528. The lowest BCUT2D eigenvalue weighted by atomic mass is 9.81. The minimum Gasteiger partial charge on any atom is -0.478 e. The summed E-state index contributed by atoms with van der Waals surface area (Å²) in [5, 5.41) is 8.74. The molecule has 0 fully saturated rings. The van der Waals surface area contributed by atoms with Crippen molar-refractivity contribution >= 4 is 5.97 Å². The van der Waals surface area contributed by atoms with Gasteiger partial charge in [0, 0.05) is 5.57 Å².